The van der Waals surface area contributed by atoms with Gasteiger partial charge in [-0.3, -0.25) is 4.79 Å². The van der Waals surface area contributed by atoms with Crippen molar-refractivity contribution in [3.05, 3.63) is 28.2 Å². The molecule has 0 atom stereocenters. The highest BCUT2D eigenvalue weighted by atomic mass is 35.5. The van der Waals surface area contributed by atoms with Gasteiger partial charge in [-0.25, -0.2) is 0 Å². The Morgan fingerprint density at radius 1 is 1.33 bits per heavy atom. The molecule has 0 radical (unpaired) electrons. The van der Waals surface area contributed by atoms with E-state index in [9.17, 15) is 4.79 Å². The van der Waals surface area contributed by atoms with Crippen LogP contribution in [-0.4, -0.2) is 32.1 Å². The van der Waals surface area contributed by atoms with Gasteiger partial charge in [-0.1, -0.05) is 23.2 Å². The predicted octanol–water partition coefficient (Wildman–Crippen LogP) is 2.88. The Morgan fingerprint density at radius 3 is 2.86 bits per heavy atom. The first-order valence-corrected chi connectivity index (χ1v) is 7.96. The topological polar surface area (TPSA) is 50.4 Å². The van der Waals surface area contributed by atoms with Crippen LogP contribution in [0.4, 0.5) is 0 Å². The Bertz CT molecular complexity index is 479. The zero-order valence-electron chi connectivity index (χ0n) is 11.8. The smallest absolute Gasteiger partial charge is 0.233 e. The van der Waals surface area contributed by atoms with Gasteiger partial charge < -0.3 is 15.4 Å². The van der Waals surface area contributed by atoms with Crippen LogP contribution in [0, 0.1) is 5.92 Å². The molecule has 0 aliphatic heterocycles. The number of hydrogen-bond acceptors (Lipinski definition) is 3. The molecule has 1 saturated carbocycles. The number of carbonyl (C=O) groups is 1. The van der Waals surface area contributed by atoms with Gasteiger partial charge in [0.1, 0.15) is 5.75 Å². The van der Waals surface area contributed by atoms with E-state index in [2.05, 4.69) is 10.6 Å². The van der Waals surface area contributed by atoms with E-state index in [1.807, 2.05) is 0 Å². The third-order valence-corrected chi connectivity index (χ3v) is 3.74. The zero-order chi connectivity index (χ0) is 15.1. The maximum atomic E-state index is 11.5. The van der Waals surface area contributed by atoms with E-state index in [1.54, 1.807) is 18.2 Å². The van der Waals surface area contributed by atoms with Crippen molar-refractivity contribution in [2.75, 3.05) is 26.2 Å². The normalized spacial score (nSPS) is 14.0. The number of amides is 1. The van der Waals surface area contributed by atoms with Crippen molar-refractivity contribution in [1.29, 1.82) is 0 Å². The summed E-state index contributed by atoms with van der Waals surface area (Å²) >= 11 is 11.8. The molecular weight excluding hydrogens is 311 g/mol. The van der Waals surface area contributed by atoms with Gasteiger partial charge in [-0.05, 0) is 49.9 Å². The van der Waals surface area contributed by atoms with Crippen LogP contribution < -0.4 is 15.4 Å². The molecule has 2 N–H and O–H groups in total. The van der Waals surface area contributed by atoms with Crippen LogP contribution in [-0.2, 0) is 4.79 Å². The van der Waals surface area contributed by atoms with E-state index in [-0.39, 0.29) is 5.91 Å². The molecule has 6 heteroatoms. The monoisotopic (exact) mass is 330 g/mol. The van der Waals surface area contributed by atoms with Gasteiger partial charge in [0, 0.05) is 11.6 Å². The van der Waals surface area contributed by atoms with Crippen molar-refractivity contribution in [2.24, 2.45) is 5.92 Å². The molecule has 0 bridgehead atoms. The molecule has 1 aromatic carbocycles. The summed E-state index contributed by atoms with van der Waals surface area (Å²) in [6, 6.07) is 5.12. The largest absolute Gasteiger partial charge is 0.492 e. The van der Waals surface area contributed by atoms with E-state index in [4.69, 9.17) is 27.9 Å². The summed E-state index contributed by atoms with van der Waals surface area (Å²) in [5.74, 6) is 1.42. The molecule has 0 aromatic heterocycles. The maximum Gasteiger partial charge on any atom is 0.233 e. The fourth-order valence-electron chi connectivity index (χ4n) is 1.85. The molecule has 4 nitrogen and oxygen atoms in total. The summed E-state index contributed by atoms with van der Waals surface area (Å²) in [7, 11) is 0. The Kier molecular flexibility index (Phi) is 6.61. The van der Waals surface area contributed by atoms with E-state index in [0.717, 1.165) is 18.9 Å². The van der Waals surface area contributed by atoms with E-state index in [0.29, 0.717) is 35.5 Å². The van der Waals surface area contributed by atoms with Gasteiger partial charge >= 0.3 is 0 Å². The molecular formula is C15H20Cl2N2O2. The first-order valence-electron chi connectivity index (χ1n) is 7.20. The highest BCUT2D eigenvalue weighted by molar-refractivity contribution is 6.35. The summed E-state index contributed by atoms with van der Waals surface area (Å²) in [5.41, 5.74) is 0. The number of hydrogen-bond donors (Lipinski definition) is 2. The third-order valence-electron chi connectivity index (χ3n) is 3.21. The Hall–Kier alpha value is -0.970. The number of rotatable bonds is 9. The fraction of sp³-hybridized carbons (Fsp3) is 0.533. The number of ether oxygens (including phenoxy) is 1. The Balaban J connectivity index is 1.51. The maximum absolute atomic E-state index is 11.5. The van der Waals surface area contributed by atoms with E-state index in [1.165, 1.54) is 12.8 Å². The molecule has 0 saturated heterocycles. The second-order valence-electron chi connectivity index (χ2n) is 5.20. The summed E-state index contributed by atoms with van der Waals surface area (Å²) in [4.78, 5) is 11.5. The molecule has 1 fully saturated rings. The molecule has 1 amide bonds. The van der Waals surface area contributed by atoms with Gasteiger partial charge in [-0.2, -0.15) is 0 Å². The summed E-state index contributed by atoms with van der Waals surface area (Å²) < 4.78 is 5.54. The first-order chi connectivity index (χ1) is 10.1. The van der Waals surface area contributed by atoms with Crippen LogP contribution in [0.2, 0.25) is 10.0 Å². The number of benzene rings is 1. The van der Waals surface area contributed by atoms with Crippen molar-refractivity contribution in [2.45, 2.75) is 19.3 Å². The van der Waals surface area contributed by atoms with Gasteiger partial charge in [0.05, 0.1) is 18.2 Å². The lowest BCUT2D eigenvalue weighted by molar-refractivity contribution is -0.120. The van der Waals surface area contributed by atoms with Crippen molar-refractivity contribution in [3.8, 4) is 5.75 Å². The van der Waals surface area contributed by atoms with Crippen molar-refractivity contribution >= 4 is 29.1 Å². The highest BCUT2D eigenvalue weighted by Gasteiger charge is 2.20. The number of carbonyl (C=O) groups excluding carboxylic acids is 1. The lowest BCUT2D eigenvalue weighted by Crippen LogP contribution is -2.35. The second-order valence-corrected chi connectivity index (χ2v) is 6.04. The second kappa shape index (κ2) is 8.47. The Labute approximate surface area is 135 Å². The molecule has 1 aliphatic rings. The standard InChI is InChI=1S/C15H20Cl2N2O2/c16-12-4-5-14(13(17)8-12)21-7-1-6-19-15(20)10-18-9-11-2-3-11/h4-5,8,11,18H,1-3,6-7,9-10H2,(H,19,20). The van der Waals surface area contributed by atoms with Crippen molar-refractivity contribution in [3.63, 3.8) is 0 Å². The fourth-order valence-corrected chi connectivity index (χ4v) is 2.31. The summed E-state index contributed by atoms with van der Waals surface area (Å²) in [5, 5.41) is 7.08. The molecule has 21 heavy (non-hydrogen) atoms. The lowest BCUT2D eigenvalue weighted by atomic mass is 10.3. The third kappa shape index (κ3) is 6.55. The molecule has 0 heterocycles. The van der Waals surface area contributed by atoms with Crippen LogP contribution in [0.3, 0.4) is 0 Å². The van der Waals surface area contributed by atoms with E-state index < -0.39 is 0 Å². The predicted molar refractivity (Wildman–Crippen MR) is 85.2 cm³/mol. The number of nitrogens with one attached hydrogen (secondary N) is 2. The minimum Gasteiger partial charge on any atom is -0.492 e. The van der Waals surface area contributed by atoms with Crippen LogP contribution in [0.1, 0.15) is 19.3 Å². The lowest BCUT2D eigenvalue weighted by Gasteiger charge is -2.09. The van der Waals surface area contributed by atoms with Crippen molar-refractivity contribution < 1.29 is 9.53 Å². The van der Waals surface area contributed by atoms with Crippen LogP contribution in [0.15, 0.2) is 18.2 Å². The van der Waals surface area contributed by atoms with Crippen molar-refractivity contribution in [1.82, 2.24) is 10.6 Å². The highest BCUT2D eigenvalue weighted by Crippen LogP contribution is 2.28. The van der Waals surface area contributed by atoms with Gasteiger partial charge in [0.25, 0.3) is 0 Å². The minimum atomic E-state index is 0.0279. The van der Waals surface area contributed by atoms with E-state index >= 15 is 0 Å². The molecule has 116 valence electrons. The van der Waals surface area contributed by atoms with Crippen LogP contribution >= 0.6 is 23.2 Å². The molecule has 1 aromatic rings. The average Bonchev–Trinajstić information content (AvgIpc) is 3.25. The Morgan fingerprint density at radius 2 is 2.14 bits per heavy atom. The average molecular weight is 331 g/mol. The van der Waals surface area contributed by atoms with Crippen LogP contribution in [0.25, 0.3) is 0 Å². The minimum absolute atomic E-state index is 0.0279. The number of halogens is 2. The molecule has 2 rings (SSSR count). The molecule has 0 spiro atoms. The van der Waals surface area contributed by atoms with Gasteiger partial charge in [0.15, 0.2) is 0 Å². The van der Waals surface area contributed by atoms with Gasteiger partial charge in [-0.15, -0.1) is 0 Å². The van der Waals surface area contributed by atoms with Gasteiger partial charge in [0.2, 0.25) is 5.91 Å². The quantitative estimate of drug-likeness (QED) is 0.684. The molecule has 1 aliphatic carbocycles. The van der Waals surface area contributed by atoms with Crippen LogP contribution in [0.5, 0.6) is 5.75 Å². The first kappa shape index (κ1) is 16.4. The summed E-state index contributed by atoms with van der Waals surface area (Å²) in [6.45, 7) is 2.43. The summed E-state index contributed by atoms with van der Waals surface area (Å²) in [6.07, 6.45) is 3.31. The zero-order valence-corrected chi connectivity index (χ0v) is 13.3. The molecule has 0 unspecified atom stereocenters. The SMILES string of the molecule is O=C(CNCC1CC1)NCCCOc1ccc(Cl)cc1Cl.